The van der Waals surface area contributed by atoms with E-state index in [0.29, 0.717) is 5.56 Å². The lowest BCUT2D eigenvalue weighted by Crippen LogP contribution is -2.10. The summed E-state index contributed by atoms with van der Waals surface area (Å²) in [6, 6.07) is 21.5. The fourth-order valence-electron chi connectivity index (χ4n) is 3.28. The molecule has 0 saturated heterocycles. The van der Waals surface area contributed by atoms with Gasteiger partial charge in [0.15, 0.2) is 0 Å². The number of hydrogen-bond donors (Lipinski definition) is 4. The summed E-state index contributed by atoms with van der Waals surface area (Å²) in [6.07, 6.45) is 0. The van der Waals surface area contributed by atoms with Gasteiger partial charge in [-0.3, -0.25) is 5.41 Å². The van der Waals surface area contributed by atoms with Crippen molar-refractivity contribution in [3.05, 3.63) is 72.3 Å². The zero-order valence-electron chi connectivity index (χ0n) is 14.3. The second-order valence-corrected chi connectivity index (χ2v) is 6.38. The summed E-state index contributed by atoms with van der Waals surface area (Å²) in [5.74, 6) is 1.59. The van der Waals surface area contributed by atoms with Gasteiger partial charge in [-0.25, -0.2) is 9.97 Å². The van der Waals surface area contributed by atoms with E-state index in [9.17, 15) is 0 Å². The van der Waals surface area contributed by atoms with E-state index >= 15 is 0 Å². The number of imidazole rings is 2. The first-order chi connectivity index (χ1) is 13.2. The summed E-state index contributed by atoms with van der Waals surface area (Å²) >= 11 is 0. The number of para-hydroxylation sites is 2. The molecule has 130 valence electrons. The topological polar surface area (TPSA) is 107 Å². The van der Waals surface area contributed by atoms with Crippen molar-refractivity contribution in [2.45, 2.75) is 0 Å². The summed E-state index contributed by atoms with van der Waals surface area (Å²) in [5.41, 5.74) is 11.8. The number of H-pyrrole nitrogens is 2. The van der Waals surface area contributed by atoms with E-state index in [1.54, 1.807) is 6.07 Å². The van der Waals surface area contributed by atoms with Gasteiger partial charge in [-0.05, 0) is 30.3 Å². The van der Waals surface area contributed by atoms with Gasteiger partial charge in [0.05, 0.1) is 22.1 Å². The van der Waals surface area contributed by atoms with Gasteiger partial charge in [0.25, 0.3) is 0 Å². The molecule has 5 aromatic rings. The van der Waals surface area contributed by atoms with E-state index in [1.165, 1.54) is 0 Å². The minimum atomic E-state index is 0.0377. The molecule has 0 atom stereocenters. The average molecular weight is 352 g/mol. The molecule has 5 rings (SSSR count). The fourth-order valence-corrected chi connectivity index (χ4v) is 3.28. The van der Waals surface area contributed by atoms with Crippen molar-refractivity contribution in [2.24, 2.45) is 5.73 Å². The molecule has 27 heavy (non-hydrogen) atoms. The molecule has 0 radical (unpaired) electrons. The van der Waals surface area contributed by atoms with Gasteiger partial charge in [0.2, 0.25) is 0 Å². The van der Waals surface area contributed by atoms with Gasteiger partial charge in [0.1, 0.15) is 17.5 Å². The minimum absolute atomic E-state index is 0.0377. The Bertz CT molecular complexity index is 1280. The Hall–Kier alpha value is -3.93. The molecule has 6 nitrogen and oxygen atoms in total. The number of nitrogens with zero attached hydrogens (tertiary/aromatic N) is 2. The Balaban J connectivity index is 1.67. The van der Waals surface area contributed by atoms with E-state index in [0.717, 1.165) is 44.8 Å². The summed E-state index contributed by atoms with van der Waals surface area (Å²) in [7, 11) is 0. The van der Waals surface area contributed by atoms with Gasteiger partial charge >= 0.3 is 0 Å². The van der Waals surface area contributed by atoms with Crippen LogP contribution < -0.4 is 5.73 Å². The third-order valence-corrected chi connectivity index (χ3v) is 4.62. The van der Waals surface area contributed by atoms with Crippen LogP contribution in [0.4, 0.5) is 0 Å². The Labute approximate surface area is 154 Å². The predicted octanol–water partition coefficient (Wildman–Crippen LogP) is 4.06. The lowest BCUT2D eigenvalue weighted by atomic mass is 10.1. The molecule has 0 unspecified atom stereocenters. The molecule has 0 aliphatic rings. The Morgan fingerprint density at radius 2 is 1.33 bits per heavy atom. The first kappa shape index (κ1) is 15.3. The highest BCUT2D eigenvalue weighted by molar-refractivity contribution is 5.98. The standard InChI is InChI=1S/C21H16N6/c22-19(23)12-9-10-17-18(11-12)27-21(26-17)14-6-2-1-5-13(14)20-24-15-7-3-4-8-16(15)25-20/h1-11H,(H3,22,23)(H,24,25)(H,26,27). The second kappa shape index (κ2) is 5.81. The van der Waals surface area contributed by atoms with Crippen molar-refractivity contribution < 1.29 is 0 Å². The van der Waals surface area contributed by atoms with E-state index in [2.05, 4.69) is 9.97 Å². The number of nitrogens with two attached hydrogens (primary N) is 1. The largest absolute Gasteiger partial charge is 0.384 e. The van der Waals surface area contributed by atoms with Crippen LogP contribution in [0, 0.1) is 5.41 Å². The maximum atomic E-state index is 7.61. The molecule has 0 aliphatic heterocycles. The van der Waals surface area contributed by atoms with E-state index in [4.69, 9.17) is 21.1 Å². The summed E-state index contributed by atoms with van der Waals surface area (Å²) < 4.78 is 0. The van der Waals surface area contributed by atoms with Crippen LogP contribution in [0.1, 0.15) is 5.56 Å². The highest BCUT2D eigenvalue weighted by atomic mass is 14.9. The Morgan fingerprint density at radius 3 is 2.00 bits per heavy atom. The molecule has 5 N–H and O–H groups in total. The van der Waals surface area contributed by atoms with Gasteiger partial charge in [0, 0.05) is 16.7 Å². The molecular formula is C21H16N6. The van der Waals surface area contributed by atoms with Crippen molar-refractivity contribution in [2.75, 3.05) is 0 Å². The lowest BCUT2D eigenvalue weighted by Gasteiger charge is -2.04. The van der Waals surface area contributed by atoms with Crippen molar-refractivity contribution in [1.82, 2.24) is 19.9 Å². The van der Waals surface area contributed by atoms with E-state index in [-0.39, 0.29) is 5.84 Å². The van der Waals surface area contributed by atoms with E-state index in [1.807, 2.05) is 60.7 Å². The smallest absolute Gasteiger partial charge is 0.139 e. The first-order valence-corrected chi connectivity index (χ1v) is 8.58. The number of amidine groups is 1. The molecule has 0 aliphatic carbocycles. The number of nitrogen functional groups attached to an aromatic ring is 1. The molecular weight excluding hydrogens is 336 g/mol. The van der Waals surface area contributed by atoms with Crippen molar-refractivity contribution >= 4 is 27.9 Å². The summed E-state index contributed by atoms with van der Waals surface area (Å²) in [5, 5.41) is 7.61. The maximum absolute atomic E-state index is 7.61. The third kappa shape index (κ3) is 2.55. The van der Waals surface area contributed by atoms with Crippen LogP contribution >= 0.6 is 0 Å². The number of nitrogens with one attached hydrogen (secondary N) is 3. The maximum Gasteiger partial charge on any atom is 0.139 e. The van der Waals surface area contributed by atoms with Crippen molar-refractivity contribution in [1.29, 1.82) is 5.41 Å². The number of rotatable bonds is 3. The SMILES string of the molecule is N=C(N)c1ccc2nc(-c3ccccc3-c3nc4ccccc4[nH]3)[nH]c2c1. The van der Waals surface area contributed by atoms with Crippen LogP contribution in [0.15, 0.2) is 66.7 Å². The quantitative estimate of drug-likeness (QED) is 0.290. The first-order valence-electron chi connectivity index (χ1n) is 8.58. The fraction of sp³-hybridized carbons (Fsp3) is 0. The zero-order chi connectivity index (χ0) is 18.4. The molecule has 0 spiro atoms. The Kier molecular flexibility index (Phi) is 3.30. The van der Waals surface area contributed by atoms with Crippen LogP contribution in [0.5, 0.6) is 0 Å². The number of aromatic amines is 2. The van der Waals surface area contributed by atoms with Crippen LogP contribution in [-0.4, -0.2) is 25.8 Å². The highest BCUT2D eigenvalue weighted by Gasteiger charge is 2.14. The molecule has 0 bridgehead atoms. The van der Waals surface area contributed by atoms with Crippen molar-refractivity contribution in [3.63, 3.8) is 0 Å². The van der Waals surface area contributed by atoms with Gasteiger partial charge < -0.3 is 15.7 Å². The van der Waals surface area contributed by atoms with Gasteiger partial charge in [-0.1, -0.05) is 36.4 Å². The van der Waals surface area contributed by atoms with Gasteiger partial charge in [-0.2, -0.15) is 0 Å². The summed E-state index contributed by atoms with van der Waals surface area (Å²) in [4.78, 5) is 16.2. The molecule has 0 fully saturated rings. The molecule has 2 aromatic heterocycles. The Morgan fingerprint density at radius 1 is 0.741 bits per heavy atom. The number of benzene rings is 3. The molecule has 2 heterocycles. The molecule has 6 heteroatoms. The monoisotopic (exact) mass is 352 g/mol. The molecule has 0 amide bonds. The average Bonchev–Trinajstić information content (AvgIpc) is 3.31. The van der Waals surface area contributed by atoms with Crippen LogP contribution in [-0.2, 0) is 0 Å². The minimum Gasteiger partial charge on any atom is -0.384 e. The van der Waals surface area contributed by atoms with E-state index < -0.39 is 0 Å². The van der Waals surface area contributed by atoms with Crippen LogP contribution in [0.3, 0.4) is 0 Å². The van der Waals surface area contributed by atoms with Gasteiger partial charge in [-0.15, -0.1) is 0 Å². The van der Waals surface area contributed by atoms with Crippen LogP contribution in [0.25, 0.3) is 44.8 Å². The highest BCUT2D eigenvalue weighted by Crippen LogP contribution is 2.31. The van der Waals surface area contributed by atoms with Crippen LogP contribution in [0.2, 0.25) is 0 Å². The number of hydrogen-bond acceptors (Lipinski definition) is 3. The third-order valence-electron chi connectivity index (χ3n) is 4.62. The zero-order valence-corrected chi connectivity index (χ0v) is 14.3. The number of fused-ring (bicyclic) bond motifs is 2. The normalized spacial score (nSPS) is 11.3. The number of aromatic nitrogens is 4. The predicted molar refractivity (Wildman–Crippen MR) is 108 cm³/mol. The molecule has 3 aromatic carbocycles. The lowest BCUT2D eigenvalue weighted by molar-refractivity contribution is 1.30. The summed E-state index contributed by atoms with van der Waals surface area (Å²) in [6.45, 7) is 0. The van der Waals surface area contributed by atoms with Crippen molar-refractivity contribution in [3.8, 4) is 22.8 Å². The second-order valence-electron chi connectivity index (χ2n) is 6.38. The molecule has 0 saturated carbocycles.